The van der Waals surface area contributed by atoms with Crippen molar-refractivity contribution in [2.45, 2.75) is 32.7 Å². The molecule has 2 amide bonds. The number of aromatic nitrogens is 3. The first-order valence-corrected chi connectivity index (χ1v) is 9.36. The average Bonchev–Trinajstić information content (AvgIpc) is 3.23. The second-order valence-corrected chi connectivity index (χ2v) is 7.55. The van der Waals surface area contributed by atoms with Crippen LogP contribution in [0.1, 0.15) is 37.2 Å². The van der Waals surface area contributed by atoms with Crippen LogP contribution in [0, 0.1) is 5.92 Å². The van der Waals surface area contributed by atoms with Crippen molar-refractivity contribution in [1.82, 2.24) is 25.0 Å². The molecule has 0 spiro atoms. The standard InChI is InChI=1S/C17H23N5O2S/c1-11(2)15(23)19-13-5-4-6-22(9-13)17(24)14-10-25-16(20-14)12-7-18-21(3)8-12/h7-8,10-11,13H,4-6,9H2,1-3H3,(H,19,23). The minimum Gasteiger partial charge on any atom is -0.351 e. The van der Waals surface area contributed by atoms with E-state index in [1.54, 1.807) is 21.2 Å². The number of hydrogen-bond donors (Lipinski definition) is 1. The molecule has 2 aromatic heterocycles. The topological polar surface area (TPSA) is 80.1 Å². The molecule has 1 saturated heterocycles. The lowest BCUT2D eigenvalue weighted by Gasteiger charge is -2.33. The number of rotatable bonds is 4. The van der Waals surface area contributed by atoms with Gasteiger partial charge in [-0.15, -0.1) is 11.3 Å². The number of piperidine rings is 1. The molecule has 1 fully saturated rings. The Hall–Kier alpha value is -2.22. The van der Waals surface area contributed by atoms with Crippen molar-refractivity contribution >= 4 is 23.2 Å². The van der Waals surface area contributed by atoms with Crippen molar-refractivity contribution in [2.24, 2.45) is 13.0 Å². The van der Waals surface area contributed by atoms with Crippen LogP contribution in [0.2, 0.25) is 0 Å². The lowest BCUT2D eigenvalue weighted by atomic mass is 10.0. The van der Waals surface area contributed by atoms with Gasteiger partial charge < -0.3 is 10.2 Å². The zero-order chi connectivity index (χ0) is 18.0. The number of amides is 2. The number of nitrogens with zero attached hydrogens (tertiary/aromatic N) is 4. The fraction of sp³-hybridized carbons (Fsp3) is 0.529. The molecule has 0 radical (unpaired) electrons. The number of nitrogens with one attached hydrogen (secondary N) is 1. The van der Waals surface area contributed by atoms with Gasteiger partial charge >= 0.3 is 0 Å². The highest BCUT2D eigenvalue weighted by molar-refractivity contribution is 7.13. The Morgan fingerprint density at radius 2 is 2.20 bits per heavy atom. The van der Waals surface area contributed by atoms with Crippen molar-refractivity contribution in [1.29, 1.82) is 0 Å². The maximum Gasteiger partial charge on any atom is 0.273 e. The summed E-state index contributed by atoms with van der Waals surface area (Å²) in [6.07, 6.45) is 5.41. The summed E-state index contributed by atoms with van der Waals surface area (Å²) in [5.41, 5.74) is 1.37. The molecule has 1 aliphatic rings. The van der Waals surface area contributed by atoms with Crippen LogP contribution in [0.4, 0.5) is 0 Å². The van der Waals surface area contributed by atoms with Gasteiger partial charge in [0, 0.05) is 49.2 Å². The van der Waals surface area contributed by atoms with Gasteiger partial charge in [-0.25, -0.2) is 4.98 Å². The second kappa shape index (κ2) is 7.35. The lowest BCUT2D eigenvalue weighted by Crippen LogP contribution is -2.50. The largest absolute Gasteiger partial charge is 0.351 e. The van der Waals surface area contributed by atoms with Gasteiger partial charge in [-0.05, 0) is 12.8 Å². The predicted molar refractivity (Wildman–Crippen MR) is 96.2 cm³/mol. The molecular weight excluding hydrogens is 338 g/mol. The SMILES string of the molecule is CC(C)C(=O)NC1CCCN(C(=O)c2csc(-c3cnn(C)c3)n2)C1. The summed E-state index contributed by atoms with van der Waals surface area (Å²) in [7, 11) is 1.85. The molecule has 2 aromatic rings. The van der Waals surface area contributed by atoms with E-state index in [9.17, 15) is 9.59 Å². The Kier molecular flexibility index (Phi) is 5.17. The van der Waals surface area contributed by atoms with Crippen LogP contribution in [0.5, 0.6) is 0 Å². The molecule has 1 aliphatic heterocycles. The number of thiazole rings is 1. The van der Waals surface area contributed by atoms with E-state index in [2.05, 4.69) is 15.4 Å². The maximum atomic E-state index is 12.8. The van der Waals surface area contributed by atoms with Gasteiger partial charge in [0.2, 0.25) is 5.91 Å². The van der Waals surface area contributed by atoms with Crippen molar-refractivity contribution in [3.8, 4) is 10.6 Å². The molecule has 25 heavy (non-hydrogen) atoms. The minimum absolute atomic E-state index is 0.0176. The molecule has 1 atom stereocenters. The molecular formula is C17H23N5O2S. The molecule has 1 unspecified atom stereocenters. The van der Waals surface area contributed by atoms with Crippen molar-refractivity contribution in [3.05, 3.63) is 23.5 Å². The second-order valence-electron chi connectivity index (χ2n) is 6.69. The van der Waals surface area contributed by atoms with E-state index in [1.807, 2.05) is 27.1 Å². The molecule has 3 heterocycles. The highest BCUT2D eigenvalue weighted by atomic mass is 32.1. The zero-order valence-electron chi connectivity index (χ0n) is 14.7. The van der Waals surface area contributed by atoms with E-state index in [-0.39, 0.29) is 23.8 Å². The molecule has 0 bridgehead atoms. The molecule has 3 rings (SSSR count). The normalized spacial score (nSPS) is 17.8. The van der Waals surface area contributed by atoms with E-state index in [0.717, 1.165) is 23.4 Å². The first-order valence-electron chi connectivity index (χ1n) is 8.48. The molecule has 0 aliphatic carbocycles. The number of carbonyl (C=O) groups excluding carboxylic acids is 2. The Bertz CT molecular complexity index is 767. The van der Waals surface area contributed by atoms with Crippen LogP contribution < -0.4 is 5.32 Å². The Labute approximate surface area is 151 Å². The highest BCUT2D eigenvalue weighted by Crippen LogP contribution is 2.24. The summed E-state index contributed by atoms with van der Waals surface area (Å²) in [6.45, 7) is 4.98. The molecule has 134 valence electrons. The number of carbonyl (C=O) groups is 2. The van der Waals surface area contributed by atoms with Crippen molar-refractivity contribution in [2.75, 3.05) is 13.1 Å². The molecule has 0 aromatic carbocycles. The van der Waals surface area contributed by atoms with E-state index < -0.39 is 0 Å². The summed E-state index contributed by atoms with van der Waals surface area (Å²) in [4.78, 5) is 30.9. The van der Waals surface area contributed by atoms with Crippen molar-refractivity contribution in [3.63, 3.8) is 0 Å². The molecule has 0 saturated carbocycles. The fourth-order valence-corrected chi connectivity index (χ4v) is 3.61. The molecule has 1 N–H and O–H groups in total. The van der Waals surface area contributed by atoms with E-state index >= 15 is 0 Å². The third-order valence-corrected chi connectivity index (χ3v) is 5.15. The predicted octanol–water partition coefficient (Wildman–Crippen LogP) is 1.92. The fourth-order valence-electron chi connectivity index (χ4n) is 2.85. The number of aryl methyl sites for hydroxylation is 1. The van der Waals surface area contributed by atoms with Gasteiger partial charge in [-0.2, -0.15) is 5.10 Å². The Morgan fingerprint density at radius 1 is 1.40 bits per heavy atom. The first-order chi connectivity index (χ1) is 11.9. The summed E-state index contributed by atoms with van der Waals surface area (Å²) in [5.74, 6) is -0.0895. The van der Waals surface area contributed by atoms with Gasteiger partial charge in [0.25, 0.3) is 5.91 Å². The van der Waals surface area contributed by atoms with Crippen LogP contribution in [-0.2, 0) is 11.8 Å². The molecule has 7 nitrogen and oxygen atoms in total. The third-order valence-electron chi connectivity index (χ3n) is 4.25. The summed E-state index contributed by atoms with van der Waals surface area (Å²) >= 11 is 1.44. The zero-order valence-corrected chi connectivity index (χ0v) is 15.5. The van der Waals surface area contributed by atoms with Gasteiger partial charge in [0.15, 0.2) is 0 Å². The van der Waals surface area contributed by atoms with Gasteiger partial charge in [-0.3, -0.25) is 14.3 Å². The minimum atomic E-state index is -0.0742. The van der Waals surface area contributed by atoms with Gasteiger partial charge in [0.1, 0.15) is 10.7 Å². The third kappa shape index (κ3) is 4.07. The average molecular weight is 361 g/mol. The summed E-state index contributed by atoms with van der Waals surface area (Å²) < 4.78 is 1.71. The van der Waals surface area contributed by atoms with E-state index in [0.29, 0.717) is 18.8 Å². The monoisotopic (exact) mass is 361 g/mol. The Morgan fingerprint density at radius 3 is 2.88 bits per heavy atom. The highest BCUT2D eigenvalue weighted by Gasteiger charge is 2.27. The van der Waals surface area contributed by atoms with Gasteiger partial charge in [0.05, 0.1) is 6.20 Å². The number of hydrogen-bond acceptors (Lipinski definition) is 5. The van der Waals surface area contributed by atoms with Crippen LogP contribution in [0.25, 0.3) is 10.6 Å². The van der Waals surface area contributed by atoms with Crippen LogP contribution >= 0.6 is 11.3 Å². The maximum absolute atomic E-state index is 12.8. The van der Waals surface area contributed by atoms with Crippen molar-refractivity contribution < 1.29 is 9.59 Å². The number of likely N-dealkylation sites (tertiary alicyclic amines) is 1. The van der Waals surface area contributed by atoms with Gasteiger partial charge in [-0.1, -0.05) is 13.8 Å². The van der Waals surface area contributed by atoms with E-state index in [1.165, 1.54) is 11.3 Å². The molecule has 8 heteroatoms. The van der Waals surface area contributed by atoms with Crippen LogP contribution in [0.3, 0.4) is 0 Å². The first kappa shape index (κ1) is 17.6. The quantitative estimate of drug-likeness (QED) is 0.902. The summed E-state index contributed by atoms with van der Waals surface area (Å²) in [5, 5.41) is 9.75. The smallest absolute Gasteiger partial charge is 0.273 e. The van der Waals surface area contributed by atoms with Crippen LogP contribution in [-0.4, -0.2) is 50.6 Å². The van der Waals surface area contributed by atoms with Crippen LogP contribution in [0.15, 0.2) is 17.8 Å². The summed E-state index contributed by atoms with van der Waals surface area (Å²) in [6, 6.07) is 0.0176. The van der Waals surface area contributed by atoms with E-state index in [4.69, 9.17) is 0 Å². The Balaban J connectivity index is 1.66. The lowest BCUT2D eigenvalue weighted by molar-refractivity contribution is -0.125.